The van der Waals surface area contributed by atoms with Crippen molar-refractivity contribution in [3.8, 4) is 0 Å². The number of hydrogen-bond acceptors (Lipinski definition) is 6. The fourth-order valence-corrected chi connectivity index (χ4v) is 2.44. The van der Waals surface area contributed by atoms with Gasteiger partial charge in [-0.15, -0.1) is 0 Å². The van der Waals surface area contributed by atoms with E-state index in [0.29, 0.717) is 31.4 Å². The van der Waals surface area contributed by atoms with Crippen molar-refractivity contribution in [3.05, 3.63) is 11.7 Å². The van der Waals surface area contributed by atoms with Gasteiger partial charge in [0.2, 0.25) is 11.8 Å². The predicted molar refractivity (Wildman–Crippen MR) is 72.1 cm³/mol. The molecule has 7 nitrogen and oxygen atoms in total. The van der Waals surface area contributed by atoms with E-state index in [1.54, 1.807) is 14.0 Å². The minimum absolute atomic E-state index is 0.00480. The molecule has 112 valence electrons. The largest absolute Gasteiger partial charge is 0.383 e. The van der Waals surface area contributed by atoms with Crippen LogP contribution >= 0.6 is 0 Å². The number of ether oxygens (including phenoxy) is 1. The average Bonchev–Trinajstić information content (AvgIpc) is 2.86. The number of rotatable bonds is 6. The van der Waals surface area contributed by atoms with Gasteiger partial charge in [-0.3, -0.25) is 9.69 Å². The van der Waals surface area contributed by atoms with Gasteiger partial charge >= 0.3 is 0 Å². The van der Waals surface area contributed by atoms with Gasteiger partial charge in [-0.05, 0) is 26.3 Å². The van der Waals surface area contributed by atoms with Crippen LogP contribution in [-0.2, 0) is 9.53 Å². The van der Waals surface area contributed by atoms with Gasteiger partial charge in [-0.25, -0.2) is 0 Å². The summed E-state index contributed by atoms with van der Waals surface area (Å²) in [5, 5.41) is 6.67. The first-order valence-corrected chi connectivity index (χ1v) is 7.00. The fraction of sp³-hybridized carbons (Fsp3) is 0.769. The first-order valence-electron chi connectivity index (χ1n) is 7.00. The van der Waals surface area contributed by atoms with Crippen LogP contribution < -0.4 is 5.32 Å². The molecule has 1 aromatic rings. The number of aromatic nitrogens is 2. The molecule has 1 saturated heterocycles. The molecule has 20 heavy (non-hydrogen) atoms. The Morgan fingerprint density at radius 2 is 2.40 bits per heavy atom. The van der Waals surface area contributed by atoms with Crippen LogP contribution in [0.3, 0.4) is 0 Å². The zero-order valence-electron chi connectivity index (χ0n) is 12.1. The summed E-state index contributed by atoms with van der Waals surface area (Å²) in [5.74, 6) is 1.26. The molecule has 7 heteroatoms. The lowest BCUT2D eigenvalue weighted by Crippen LogP contribution is -2.42. The normalized spacial score (nSPS) is 20.0. The van der Waals surface area contributed by atoms with Crippen molar-refractivity contribution in [1.82, 2.24) is 20.4 Å². The number of amides is 1. The molecule has 0 spiro atoms. The van der Waals surface area contributed by atoms with Gasteiger partial charge in [-0.2, -0.15) is 4.98 Å². The summed E-state index contributed by atoms with van der Waals surface area (Å²) >= 11 is 0. The Morgan fingerprint density at radius 3 is 3.10 bits per heavy atom. The number of likely N-dealkylation sites (tertiary alicyclic amines) is 1. The van der Waals surface area contributed by atoms with E-state index in [1.165, 1.54) is 0 Å². The third-order valence-corrected chi connectivity index (χ3v) is 3.42. The van der Waals surface area contributed by atoms with E-state index in [9.17, 15) is 4.79 Å². The molecule has 2 rings (SSSR count). The van der Waals surface area contributed by atoms with E-state index in [-0.39, 0.29) is 11.9 Å². The summed E-state index contributed by atoms with van der Waals surface area (Å²) in [6.07, 6.45) is 3.16. The molecule has 0 radical (unpaired) electrons. The van der Waals surface area contributed by atoms with Crippen LogP contribution in [0.15, 0.2) is 4.52 Å². The molecule has 1 aliphatic heterocycles. The Kier molecular flexibility index (Phi) is 5.49. The monoisotopic (exact) mass is 282 g/mol. The maximum atomic E-state index is 11.9. The summed E-state index contributed by atoms with van der Waals surface area (Å²) in [7, 11) is 1.62. The van der Waals surface area contributed by atoms with Crippen molar-refractivity contribution < 1.29 is 14.1 Å². The minimum atomic E-state index is 0.00480. The van der Waals surface area contributed by atoms with Crippen molar-refractivity contribution >= 4 is 5.91 Å². The summed E-state index contributed by atoms with van der Waals surface area (Å²) in [5.41, 5.74) is 0. The number of hydrogen-bond donors (Lipinski definition) is 1. The van der Waals surface area contributed by atoms with E-state index in [2.05, 4.69) is 20.4 Å². The molecule has 1 aromatic heterocycles. The molecule has 1 unspecified atom stereocenters. The van der Waals surface area contributed by atoms with Crippen LogP contribution in [0, 0.1) is 6.92 Å². The third kappa shape index (κ3) is 4.01. The lowest BCUT2D eigenvalue weighted by atomic mass is 10.0. The Balaban J connectivity index is 1.91. The van der Waals surface area contributed by atoms with Gasteiger partial charge in [0.05, 0.1) is 19.2 Å². The number of carbonyl (C=O) groups is 1. The van der Waals surface area contributed by atoms with Crippen LogP contribution in [0.2, 0.25) is 0 Å². The van der Waals surface area contributed by atoms with Gasteiger partial charge in [0.25, 0.3) is 0 Å². The summed E-state index contributed by atoms with van der Waals surface area (Å²) < 4.78 is 10.2. The molecule has 1 aliphatic rings. The van der Waals surface area contributed by atoms with Crippen LogP contribution in [0.25, 0.3) is 0 Å². The Hall–Kier alpha value is -1.47. The molecular formula is C13H22N4O3. The number of nitrogens with one attached hydrogen (secondary N) is 1. The molecule has 0 saturated carbocycles. The van der Waals surface area contributed by atoms with E-state index in [1.807, 2.05) is 0 Å². The van der Waals surface area contributed by atoms with E-state index in [0.717, 1.165) is 25.8 Å². The molecule has 0 aliphatic carbocycles. The highest BCUT2D eigenvalue weighted by Gasteiger charge is 2.29. The fourth-order valence-electron chi connectivity index (χ4n) is 2.44. The lowest BCUT2D eigenvalue weighted by Gasteiger charge is -2.32. The second-order valence-corrected chi connectivity index (χ2v) is 5.00. The van der Waals surface area contributed by atoms with Gasteiger partial charge in [0.15, 0.2) is 5.82 Å². The molecule has 1 fully saturated rings. The highest BCUT2D eigenvalue weighted by molar-refractivity contribution is 5.78. The van der Waals surface area contributed by atoms with Gasteiger partial charge in [0, 0.05) is 13.7 Å². The second kappa shape index (κ2) is 7.35. The summed E-state index contributed by atoms with van der Waals surface area (Å²) in [6, 6.07) is 0.0538. The number of nitrogens with zero attached hydrogens (tertiary/aromatic N) is 3. The number of methoxy groups -OCH3 is 1. The zero-order valence-corrected chi connectivity index (χ0v) is 12.1. The Morgan fingerprint density at radius 1 is 1.55 bits per heavy atom. The van der Waals surface area contributed by atoms with Crippen molar-refractivity contribution in [2.24, 2.45) is 0 Å². The highest BCUT2D eigenvalue weighted by atomic mass is 16.5. The van der Waals surface area contributed by atoms with Crippen LogP contribution in [0.4, 0.5) is 0 Å². The molecule has 2 heterocycles. The van der Waals surface area contributed by atoms with Gasteiger partial charge in [-0.1, -0.05) is 11.6 Å². The smallest absolute Gasteiger partial charge is 0.243 e. The van der Waals surface area contributed by atoms with Crippen LogP contribution in [-0.4, -0.2) is 54.3 Å². The van der Waals surface area contributed by atoms with Crippen molar-refractivity contribution in [1.29, 1.82) is 0 Å². The van der Waals surface area contributed by atoms with Crippen molar-refractivity contribution in [3.63, 3.8) is 0 Å². The Labute approximate surface area is 118 Å². The molecular weight excluding hydrogens is 260 g/mol. The molecule has 1 N–H and O–H groups in total. The van der Waals surface area contributed by atoms with Crippen LogP contribution in [0.1, 0.15) is 37.0 Å². The summed E-state index contributed by atoms with van der Waals surface area (Å²) in [4.78, 5) is 18.3. The molecule has 0 bridgehead atoms. The second-order valence-electron chi connectivity index (χ2n) is 5.00. The zero-order chi connectivity index (χ0) is 14.4. The first-order chi connectivity index (χ1) is 9.70. The minimum Gasteiger partial charge on any atom is -0.383 e. The van der Waals surface area contributed by atoms with Crippen molar-refractivity contribution in [2.45, 2.75) is 32.2 Å². The predicted octanol–water partition coefficient (Wildman–Crippen LogP) is 0.668. The highest BCUT2D eigenvalue weighted by Crippen LogP contribution is 2.29. The third-order valence-electron chi connectivity index (χ3n) is 3.42. The maximum Gasteiger partial charge on any atom is 0.243 e. The SMILES string of the molecule is COCCNC(=O)CN1CCCCC1c1nc(C)no1. The van der Waals surface area contributed by atoms with E-state index in [4.69, 9.17) is 9.26 Å². The lowest BCUT2D eigenvalue weighted by molar-refractivity contribution is -0.123. The van der Waals surface area contributed by atoms with Gasteiger partial charge < -0.3 is 14.6 Å². The van der Waals surface area contributed by atoms with Gasteiger partial charge in [0.1, 0.15) is 0 Å². The van der Waals surface area contributed by atoms with Crippen LogP contribution in [0.5, 0.6) is 0 Å². The first kappa shape index (κ1) is 14.9. The van der Waals surface area contributed by atoms with Crippen molar-refractivity contribution in [2.75, 3.05) is 33.4 Å². The number of carbonyl (C=O) groups excluding carboxylic acids is 1. The van der Waals surface area contributed by atoms with E-state index >= 15 is 0 Å². The standard InChI is InChI=1S/C13H22N4O3/c1-10-15-13(20-16-10)11-5-3-4-7-17(11)9-12(18)14-6-8-19-2/h11H,3-9H2,1-2H3,(H,14,18). The summed E-state index contributed by atoms with van der Waals surface area (Å²) in [6.45, 7) is 4.10. The average molecular weight is 282 g/mol. The number of piperidine rings is 1. The molecule has 0 aromatic carbocycles. The quantitative estimate of drug-likeness (QED) is 0.772. The Bertz CT molecular complexity index is 435. The molecule has 1 atom stereocenters. The number of aryl methyl sites for hydroxylation is 1. The van der Waals surface area contributed by atoms with E-state index < -0.39 is 0 Å². The maximum absolute atomic E-state index is 11.9. The molecule has 1 amide bonds. The topological polar surface area (TPSA) is 80.5 Å².